The number of nitrogens with one attached hydrogen (secondary N) is 1. The average Bonchev–Trinajstić information content (AvgIpc) is 2.81. The van der Waals surface area contributed by atoms with Gasteiger partial charge in [-0.2, -0.15) is 4.31 Å². The first kappa shape index (κ1) is 25.6. The second-order valence-electron chi connectivity index (χ2n) is 7.97. The zero-order valence-corrected chi connectivity index (χ0v) is 21.4. The second-order valence-corrected chi connectivity index (χ2v) is 10.9. The van der Waals surface area contributed by atoms with Gasteiger partial charge in [-0.15, -0.1) is 11.8 Å². The lowest BCUT2D eigenvalue weighted by atomic mass is 10.2. The van der Waals surface area contributed by atoms with E-state index in [0.717, 1.165) is 21.7 Å². The number of nitrogens with zero attached hydrogens (tertiary/aromatic N) is 2. The third-order valence-electron chi connectivity index (χ3n) is 5.64. The van der Waals surface area contributed by atoms with Gasteiger partial charge in [0.25, 0.3) is 0 Å². The lowest BCUT2D eigenvalue weighted by Gasteiger charge is -2.31. The smallest absolute Gasteiger partial charge is 0.243 e. The number of ether oxygens (including phenoxy) is 1. The molecule has 1 heterocycles. The number of amides is 1. The van der Waals surface area contributed by atoms with Crippen LogP contribution in [0.3, 0.4) is 0 Å². The monoisotopic (exact) mass is 491 g/mol. The van der Waals surface area contributed by atoms with Crippen LogP contribution in [0, 0.1) is 13.8 Å². The van der Waals surface area contributed by atoms with Gasteiger partial charge in [0, 0.05) is 31.1 Å². The Bertz CT molecular complexity index is 1080. The summed E-state index contributed by atoms with van der Waals surface area (Å²) in [5.74, 6) is 0.0626. The highest BCUT2D eigenvalue weighted by Crippen LogP contribution is 2.31. The molecule has 0 radical (unpaired) electrons. The Morgan fingerprint density at radius 3 is 2.45 bits per heavy atom. The molecule has 9 heteroatoms. The number of benzene rings is 2. The largest absolute Gasteiger partial charge is 0.378 e. The van der Waals surface area contributed by atoms with Crippen molar-refractivity contribution in [2.75, 3.05) is 55.4 Å². The van der Waals surface area contributed by atoms with E-state index in [2.05, 4.69) is 22.3 Å². The molecule has 180 valence electrons. The van der Waals surface area contributed by atoms with Gasteiger partial charge in [-0.1, -0.05) is 31.5 Å². The van der Waals surface area contributed by atoms with E-state index in [1.807, 2.05) is 33.8 Å². The van der Waals surface area contributed by atoms with Gasteiger partial charge in [-0.3, -0.25) is 4.79 Å². The predicted molar refractivity (Wildman–Crippen MR) is 135 cm³/mol. The maximum absolute atomic E-state index is 13.1. The fourth-order valence-corrected chi connectivity index (χ4v) is 6.17. The van der Waals surface area contributed by atoms with Crippen LogP contribution < -0.4 is 10.2 Å². The number of morpholine rings is 1. The Labute approximate surface area is 201 Å². The van der Waals surface area contributed by atoms with Crippen molar-refractivity contribution in [2.24, 2.45) is 0 Å². The molecule has 1 saturated heterocycles. The first-order valence-electron chi connectivity index (χ1n) is 11.2. The first-order chi connectivity index (χ1) is 15.8. The first-order valence-corrected chi connectivity index (χ1v) is 13.7. The molecule has 2 aromatic rings. The molecule has 2 aromatic carbocycles. The van der Waals surface area contributed by atoms with Crippen LogP contribution in [0.25, 0.3) is 0 Å². The number of hydrogen-bond donors (Lipinski definition) is 1. The summed E-state index contributed by atoms with van der Waals surface area (Å²) in [5.41, 5.74) is 3.59. The van der Waals surface area contributed by atoms with E-state index < -0.39 is 10.0 Å². The fraction of sp³-hybridized carbons (Fsp3) is 0.458. The van der Waals surface area contributed by atoms with Crippen LogP contribution in [-0.2, 0) is 19.6 Å². The third-order valence-corrected chi connectivity index (χ3v) is 8.84. The fourth-order valence-electron chi connectivity index (χ4n) is 3.76. The number of anilines is 2. The topological polar surface area (TPSA) is 79.0 Å². The van der Waals surface area contributed by atoms with Gasteiger partial charge in [0.2, 0.25) is 15.9 Å². The molecule has 0 bridgehead atoms. The van der Waals surface area contributed by atoms with Crippen molar-refractivity contribution in [3.05, 3.63) is 47.5 Å². The second kappa shape index (κ2) is 11.4. The van der Waals surface area contributed by atoms with Crippen molar-refractivity contribution in [3.8, 4) is 0 Å². The Morgan fingerprint density at radius 1 is 1.09 bits per heavy atom. The van der Waals surface area contributed by atoms with Gasteiger partial charge in [0.15, 0.2) is 0 Å². The minimum absolute atomic E-state index is 0.173. The van der Waals surface area contributed by atoms with Crippen LogP contribution in [-0.4, -0.2) is 63.8 Å². The predicted octanol–water partition coefficient (Wildman–Crippen LogP) is 3.90. The molecule has 0 aromatic heterocycles. The number of carbonyl (C=O) groups is 1. The molecule has 33 heavy (non-hydrogen) atoms. The van der Waals surface area contributed by atoms with E-state index in [1.165, 1.54) is 16.1 Å². The third kappa shape index (κ3) is 6.29. The summed E-state index contributed by atoms with van der Waals surface area (Å²) in [6.07, 6.45) is 0. The number of aryl methyl sites for hydroxylation is 2. The summed E-state index contributed by atoms with van der Waals surface area (Å²) in [6.45, 7) is 11.0. The number of sulfonamides is 1. The highest BCUT2D eigenvalue weighted by molar-refractivity contribution is 8.00. The van der Waals surface area contributed by atoms with Crippen molar-refractivity contribution in [3.63, 3.8) is 0 Å². The van der Waals surface area contributed by atoms with Gasteiger partial charge in [0.05, 0.1) is 35.2 Å². The summed E-state index contributed by atoms with van der Waals surface area (Å²) in [4.78, 5) is 16.3. The van der Waals surface area contributed by atoms with E-state index in [9.17, 15) is 13.2 Å². The molecule has 1 N–H and O–H groups in total. The summed E-state index contributed by atoms with van der Waals surface area (Å²) in [5, 5.41) is 2.97. The van der Waals surface area contributed by atoms with Crippen molar-refractivity contribution in [1.29, 1.82) is 0 Å². The highest BCUT2D eigenvalue weighted by atomic mass is 32.2. The molecular weight excluding hydrogens is 458 g/mol. The van der Waals surface area contributed by atoms with Crippen LogP contribution in [0.4, 0.5) is 11.4 Å². The van der Waals surface area contributed by atoms with Crippen LogP contribution in [0.5, 0.6) is 0 Å². The van der Waals surface area contributed by atoms with Gasteiger partial charge in [-0.05, 0) is 43.7 Å². The van der Waals surface area contributed by atoms with Gasteiger partial charge in [0.1, 0.15) is 0 Å². The number of rotatable bonds is 9. The Hall–Kier alpha value is -2.07. The zero-order chi connectivity index (χ0) is 24.0. The molecule has 0 unspecified atom stereocenters. The molecule has 1 aliphatic heterocycles. The molecule has 0 atom stereocenters. The zero-order valence-electron chi connectivity index (χ0n) is 19.8. The molecule has 3 rings (SSSR count). The number of carbonyl (C=O) groups excluding carboxylic acids is 1. The van der Waals surface area contributed by atoms with E-state index in [0.29, 0.717) is 45.1 Å². The SMILES string of the molecule is CCN(CC)S(=O)(=O)c1ccc(N2CCOCC2)c(NC(=O)CSc2cc(C)ccc2C)c1. The summed E-state index contributed by atoms with van der Waals surface area (Å²) >= 11 is 1.48. The average molecular weight is 492 g/mol. The minimum Gasteiger partial charge on any atom is -0.378 e. The molecule has 7 nitrogen and oxygen atoms in total. The van der Waals surface area contributed by atoms with Gasteiger partial charge in [-0.25, -0.2) is 8.42 Å². The molecule has 0 aliphatic carbocycles. The van der Waals surface area contributed by atoms with Crippen LogP contribution in [0.1, 0.15) is 25.0 Å². The maximum Gasteiger partial charge on any atom is 0.243 e. The van der Waals surface area contributed by atoms with Gasteiger partial charge >= 0.3 is 0 Å². The standard InChI is InChI=1S/C24H33N3O4S2/c1-5-27(6-2)33(29,30)20-9-10-22(26-11-13-31-14-12-26)21(16-20)25-24(28)17-32-23-15-18(3)7-8-19(23)4/h7-10,15-16H,5-6,11-14,17H2,1-4H3,(H,25,28). The lowest BCUT2D eigenvalue weighted by Crippen LogP contribution is -2.37. The summed E-state index contributed by atoms with van der Waals surface area (Å²) in [6, 6.07) is 11.2. The summed E-state index contributed by atoms with van der Waals surface area (Å²) in [7, 11) is -3.64. The van der Waals surface area contributed by atoms with Crippen LogP contribution in [0.15, 0.2) is 46.2 Å². The van der Waals surface area contributed by atoms with Crippen molar-refractivity contribution in [2.45, 2.75) is 37.5 Å². The summed E-state index contributed by atoms with van der Waals surface area (Å²) < 4.78 is 33.0. The molecule has 0 saturated carbocycles. The lowest BCUT2D eigenvalue weighted by molar-refractivity contribution is -0.113. The van der Waals surface area contributed by atoms with Crippen molar-refractivity contribution < 1.29 is 17.9 Å². The molecular formula is C24H33N3O4S2. The molecule has 1 amide bonds. The van der Waals surface area contributed by atoms with E-state index >= 15 is 0 Å². The number of hydrogen-bond acceptors (Lipinski definition) is 6. The molecule has 0 spiro atoms. The van der Waals surface area contributed by atoms with Crippen LogP contribution in [0.2, 0.25) is 0 Å². The van der Waals surface area contributed by atoms with Crippen molar-refractivity contribution >= 4 is 39.1 Å². The van der Waals surface area contributed by atoms with Crippen LogP contribution >= 0.6 is 11.8 Å². The van der Waals surface area contributed by atoms with E-state index in [-0.39, 0.29) is 16.6 Å². The Balaban J connectivity index is 1.86. The quantitative estimate of drug-likeness (QED) is 0.536. The normalized spacial score (nSPS) is 14.5. The van der Waals surface area contributed by atoms with Crippen molar-refractivity contribution in [1.82, 2.24) is 4.31 Å². The molecule has 1 fully saturated rings. The molecule has 1 aliphatic rings. The maximum atomic E-state index is 13.1. The Kier molecular flexibility index (Phi) is 8.81. The minimum atomic E-state index is -3.64. The van der Waals surface area contributed by atoms with E-state index in [1.54, 1.807) is 18.2 Å². The van der Waals surface area contributed by atoms with Gasteiger partial charge < -0.3 is 15.0 Å². The highest BCUT2D eigenvalue weighted by Gasteiger charge is 2.24. The van der Waals surface area contributed by atoms with E-state index in [4.69, 9.17) is 4.74 Å². The Morgan fingerprint density at radius 2 is 1.79 bits per heavy atom. The number of thioether (sulfide) groups is 1.